The minimum Gasteiger partial charge on any atom is -0.507 e. The van der Waals surface area contributed by atoms with E-state index in [0.717, 1.165) is 10.6 Å². The summed E-state index contributed by atoms with van der Waals surface area (Å²) in [6.45, 7) is -0.381. The lowest BCUT2D eigenvalue weighted by molar-refractivity contribution is 0.0948. The van der Waals surface area contributed by atoms with Crippen LogP contribution in [-0.2, 0) is 16.7 Å². The molecule has 1 aromatic carbocycles. The summed E-state index contributed by atoms with van der Waals surface area (Å²) in [6, 6.07) is 4.30. The Hall–Kier alpha value is -3.41. The molecule has 0 aliphatic heterocycles. The van der Waals surface area contributed by atoms with Gasteiger partial charge in [0.25, 0.3) is 16.0 Å². The Morgan fingerprint density at radius 2 is 1.96 bits per heavy atom. The van der Waals surface area contributed by atoms with Crippen LogP contribution in [0.25, 0.3) is 10.4 Å². The predicted molar refractivity (Wildman–Crippen MR) is 86.8 cm³/mol. The number of phenolic OH excluding ortho intramolecular Hbond substituents is 1. The molecule has 0 saturated heterocycles. The molecule has 2 aromatic rings. The number of amides is 1. The van der Waals surface area contributed by atoms with E-state index in [9.17, 15) is 28.5 Å². The molecule has 0 atom stereocenters. The van der Waals surface area contributed by atoms with Gasteiger partial charge in [-0.3, -0.25) is 13.9 Å². The van der Waals surface area contributed by atoms with Gasteiger partial charge in [-0.2, -0.15) is 8.42 Å². The number of nitrogens with zero attached hydrogens (tertiary/aromatic N) is 4. The van der Waals surface area contributed by atoms with Gasteiger partial charge >= 0.3 is 0 Å². The number of carbonyl (C=O) groups excluding carboxylic acids is 1. The van der Waals surface area contributed by atoms with E-state index in [1.165, 1.54) is 12.1 Å². The van der Waals surface area contributed by atoms with Gasteiger partial charge in [-0.1, -0.05) is 11.2 Å². The number of nitrogens with one attached hydrogen (secondary N) is 1. The molecule has 0 aliphatic carbocycles. The molecule has 12 nitrogen and oxygen atoms in total. The number of aromatic nitrogens is 1. The van der Waals surface area contributed by atoms with E-state index in [1.54, 1.807) is 0 Å². The normalized spacial score (nSPS) is 11.0. The Kier molecular flexibility index (Phi) is 5.26. The number of benzene rings is 1. The molecule has 1 amide bonds. The van der Waals surface area contributed by atoms with Crippen LogP contribution >= 0.6 is 0 Å². The maximum atomic E-state index is 12.0. The molecule has 1 heterocycles. The number of rotatable bonds is 6. The number of hydrogen-bond donors (Lipinski definition) is 5. The first-order valence-electron chi connectivity index (χ1n) is 6.90. The van der Waals surface area contributed by atoms with Crippen LogP contribution in [0.2, 0.25) is 0 Å². The molecule has 1 aromatic heterocycles. The number of azide groups is 1. The first-order valence-corrected chi connectivity index (χ1v) is 8.34. The largest absolute Gasteiger partial charge is 0.507 e. The average molecular weight is 383 g/mol. The molecule has 5 N–H and O–H groups in total. The first-order chi connectivity index (χ1) is 12.1. The van der Waals surface area contributed by atoms with Gasteiger partial charge in [-0.05, 0) is 17.7 Å². The van der Waals surface area contributed by atoms with Gasteiger partial charge in [0.1, 0.15) is 5.75 Å². The molecule has 0 fully saturated rings. The molecule has 2 rings (SSSR count). The fourth-order valence-electron chi connectivity index (χ4n) is 2.11. The molecule has 26 heavy (non-hydrogen) atoms. The van der Waals surface area contributed by atoms with Crippen molar-refractivity contribution in [3.8, 4) is 17.5 Å². The monoisotopic (exact) mass is 383 g/mol. The van der Waals surface area contributed by atoms with Crippen LogP contribution in [0.4, 0.5) is 5.69 Å². The first kappa shape index (κ1) is 18.9. The third kappa shape index (κ3) is 3.97. The molecular formula is C13H13N5O7S. The minimum atomic E-state index is -4.72. The topological polar surface area (TPSA) is 198 Å². The third-order valence-corrected chi connectivity index (χ3v) is 4.15. The van der Waals surface area contributed by atoms with Gasteiger partial charge in [-0.15, -0.1) is 0 Å². The van der Waals surface area contributed by atoms with Crippen molar-refractivity contribution in [2.24, 2.45) is 5.11 Å². The highest BCUT2D eigenvalue weighted by Crippen LogP contribution is 2.30. The second-order valence-electron chi connectivity index (χ2n) is 4.96. The fourth-order valence-corrected chi connectivity index (χ4v) is 2.71. The van der Waals surface area contributed by atoms with E-state index < -0.39 is 38.4 Å². The van der Waals surface area contributed by atoms with E-state index in [-0.39, 0.29) is 24.3 Å². The maximum Gasteiger partial charge on any atom is 0.300 e. The van der Waals surface area contributed by atoms with Crippen LogP contribution in [0.15, 0.2) is 34.3 Å². The summed E-state index contributed by atoms with van der Waals surface area (Å²) >= 11 is 0. The molecule has 138 valence electrons. The van der Waals surface area contributed by atoms with Crippen molar-refractivity contribution in [1.82, 2.24) is 9.88 Å². The van der Waals surface area contributed by atoms with Gasteiger partial charge in [-0.25, -0.2) is 0 Å². The van der Waals surface area contributed by atoms with Crippen LogP contribution < -0.4 is 5.32 Å². The number of hydrogen-bond acceptors (Lipinski definition) is 7. The number of aromatic hydroxyl groups is 3. The van der Waals surface area contributed by atoms with E-state index in [4.69, 9.17) is 10.1 Å². The number of phenols is 1. The molecule has 0 saturated carbocycles. The molecule has 0 radical (unpaired) electrons. The molecule has 0 aliphatic rings. The van der Waals surface area contributed by atoms with Crippen molar-refractivity contribution in [3.05, 3.63) is 40.3 Å². The molecule has 0 bridgehead atoms. The smallest absolute Gasteiger partial charge is 0.300 e. The van der Waals surface area contributed by atoms with Gasteiger partial charge < -0.3 is 20.6 Å². The fraction of sp³-hybridized carbons (Fsp3) is 0.154. The van der Waals surface area contributed by atoms with E-state index in [1.807, 2.05) is 0 Å². The van der Waals surface area contributed by atoms with E-state index in [2.05, 4.69) is 15.3 Å². The maximum absolute atomic E-state index is 12.0. The molecule has 0 unspecified atom stereocenters. The zero-order chi connectivity index (χ0) is 19.5. The highest BCUT2D eigenvalue weighted by atomic mass is 32.2. The van der Waals surface area contributed by atoms with Crippen molar-refractivity contribution in [3.63, 3.8) is 0 Å². The Morgan fingerprint density at radius 3 is 2.50 bits per heavy atom. The highest BCUT2D eigenvalue weighted by Gasteiger charge is 2.23. The standard InChI is InChI=1S/C13H13N5O7S/c14-17-16-7-1-2-8(9(19)5-7)12(21)15-3-4-18-11(20)6-10(13(18)22)26(23,24)25/h1-2,5-6,19-20,22H,3-4H2,(H,15,21)(H,23,24,25). The van der Waals surface area contributed by atoms with E-state index >= 15 is 0 Å². The summed E-state index contributed by atoms with van der Waals surface area (Å²) < 4.78 is 31.8. The molecule has 13 heteroatoms. The predicted octanol–water partition coefficient (Wildman–Crippen LogP) is 1.22. The van der Waals surface area contributed by atoms with Crippen molar-refractivity contribution in [2.75, 3.05) is 6.54 Å². The Labute approximate surface area is 146 Å². The third-order valence-electron chi connectivity index (χ3n) is 3.30. The lowest BCUT2D eigenvalue weighted by atomic mass is 10.1. The van der Waals surface area contributed by atoms with Crippen molar-refractivity contribution >= 4 is 21.7 Å². The van der Waals surface area contributed by atoms with Gasteiger partial charge in [0.2, 0.25) is 5.88 Å². The lowest BCUT2D eigenvalue weighted by Crippen LogP contribution is -2.27. The van der Waals surface area contributed by atoms with E-state index in [0.29, 0.717) is 6.07 Å². The molecular weight excluding hydrogens is 370 g/mol. The van der Waals surface area contributed by atoms with Crippen molar-refractivity contribution < 1.29 is 33.1 Å². The van der Waals surface area contributed by atoms with Crippen LogP contribution in [0, 0.1) is 0 Å². The highest BCUT2D eigenvalue weighted by molar-refractivity contribution is 7.86. The van der Waals surface area contributed by atoms with Gasteiger partial charge in [0, 0.05) is 29.8 Å². The number of carbonyl (C=O) groups is 1. The minimum absolute atomic E-state index is 0.110. The summed E-state index contributed by atoms with van der Waals surface area (Å²) in [4.78, 5) is 13.7. The molecule has 0 spiro atoms. The van der Waals surface area contributed by atoms with Crippen LogP contribution in [0.1, 0.15) is 10.4 Å². The lowest BCUT2D eigenvalue weighted by Gasteiger charge is -2.09. The van der Waals surface area contributed by atoms with Crippen LogP contribution in [0.5, 0.6) is 17.5 Å². The zero-order valence-corrected chi connectivity index (χ0v) is 13.8. The SMILES string of the molecule is [N-]=[N+]=Nc1ccc(C(=O)NCCn2c(O)cc(S(=O)(=O)O)c2O)c(O)c1. The van der Waals surface area contributed by atoms with Crippen LogP contribution in [-0.4, -0.2) is 45.3 Å². The summed E-state index contributed by atoms with van der Waals surface area (Å²) in [5, 5.41) is 34.8. The Bertz CT molecular complexity index is 1010. The second-order valence-corrected chi connectivity index (χ2v) is 6.35. The Balaban J connectivity index is 2.08. The average Bonchev–Trinajstić information content (AvgIpc) is 2.83. The van der Waals surface area contributed by atoms with Crippen LogP contribution in [0.3, 0.4) is 0 Å². The van der Waals surface area contributed by atoms with Crippen molar-refractivity contribution in [1.29, 1.82) is 0 Å². The summed E-state index contributed by atoms with van der Waals surface area (Å²) in [5.74, 6) is -2.64. The zero-order valence-electron chi connectivity index (χ0n) is 12.9. The Morgan fingerprint density at radius 1 is 1.27 bits per heavy atom. The van der Waals surface area contributed by atoms with Crippen molar-refractivity contribution in [2.45, 2.75) is 11.4 Å². The summed E-state index contributed by atoms with van der Waals surface area (Å²) in [7, 11) is -4.72. The summed E-state index contributed by atoms with van der Waals surface area (Å²) in [6.07, 6.45) is 0. The summed E-state index contributed by atoms with van der Waals surface area (Å²) in [5.41, 5.74) is 8.31. The second kappa shape index (κ2) is 7.23. The van der Waals surface area contributed by atoms with Gasteiger partial charge in [0.15, 0.2) is 10.8 Å². The quantitative estimate of drug-likeness (QED) is 0.214. The van der Waals surface area contributed by atoms with Gasteiger partial charge in [0.05, 0.1) is 5.56 Å².